The molecule has 0 aliphatic heterocycles. The predicted octanol–water partition coefficient (Wildman–Crippen LogP) is 4.28. The summed E-state index contributed by atoms with van der Waals surface area (Å²) in [5.41, 5.74) is 7.86. The average Bonchev–Trinajstić information content (AvgIpc) is 2.56. The number of hydrogen-bond donors (Lipinski definition) is 1. The van der Waals surface area contributed by atoms with Crippen molar-refractivity contribution in [2.24, 2.45) is 0 Å². The summed E-state index contributed by atoms with van der Waals surface area (Å²) in [5.74, 6) is 1.93. The summed E-state index contributed by atoms with van der Waals surface area (Å²) in [4.78, 5) is 12.5. The van der Waals surface area contributed by atoms with Crippen LogP contribution in [0.4, 0.5) is 5.69 Å². The van der Waals surface area contributed by atoms with E-state index < -0.39 is 0 Å². The van der Waals surface area contributed by atoms with Gasteiger partial charge in [-0.3, -0.25) is 4.79 Å². The molecule has 2 aromatic rings. The van der Waals surface area contributed by atoms with E-state index in [1.54, 1.807) is 31.0 Å². The summed E-state index contributed by atoms with van der Waals surface area (Å²) in [6, 6.07) is 13.2. The number of methoxy groups -OCH3 is 1. The highest BCUT2D eigenvalue weighted by Gasteiger charge is 2.07. The van der Waals surface area contributed by atoms with Gasteiger partial charge in [0.15, 0.2) is 0 Å². The Kier molecular flexibility index (Phi) is 6.35. The average molecular weight is 331 g/mol. The number of carbonyl (C=O) groups is 1. The Morgan fingerprint density at radius 1 is 1.13 bits per heavy atom. The summed E-state index contributed by atoms with van der Waals surface area (Å²) in [7, 11) is 1.65. The molecular weight excluding hydrogens is 310 g/mol. The monoisotopic (exact) mass is 331 g/mol. The Hall–Kier alpha value is -2.14. The number of rotatable bonds is 7. The first-order chi connectivity index (χ1) is 11.1. The van der Waals surface area contributed by atoms with Gasteiger partial charge >= 0.3 is 5.97 Å². The van der Waals surface area contributed by atoms with Gasteiger partial charge in [0.2, 0.25) is 0 Å². The minimum absolute atomic E-state index is 0.219. The van der Waals surface area contributed by atoms with E-state index in [0.717, 1.165) is 22.8 Å². The van der Waals surface area contributed by atoms with Gasteiger partial charge in [0.05, 0.1) is 7.11 Å². The van der Waals surface area contributed by atoms with Crippen molar-refractivity contribution in [2.75, 3.05) is 12.8 Å². The second-order valence-corrected chi connectivity index (χ2v) is 6.08. The highest BCUT2D eigenvalue weighted by atomic mass is 32.2. The molecule has 122 valence electrons. The van der Waals surface area contributed by atoms with Crippen LogP contribution in [0.25, 0.3) is 0 Å². The second kappa shape index (κ2) is 8.48. The molecule has 23 heavy (non-hydrogen) atoms. The van der Waals surface area contributed by atoms with Gasteiger partial charge in [0.25, 0.3) is 0 Å². The molecule has 0 atom stereocenters. The van der Waals surface area contributed by atoms with Gasteiger partial charge < -0.3 is 15.2 Å². The third-order valence-corrected chi connectivity index (χ3v) is 4.37. The topological polar surface area (TPSA) is 61.5 Å². The minimum atomic E-state index is -0.219. The van der Waals surface area contributed by atoms with Gasteiger partial charge in [-0.15, -0.1) is 11.8 Å². The number of hydrogen-bond acceptors (Lipinski definition) is 5. The Morgan fingerprint density at radius 2 is 1.83 bits per heavy atom. The number of ether oxygens (including phenoxy) is 2. The molecule has 2 aromatic carbocycles. The molecule has 0 saturated carbocycles. The molecule has 0 heterocycles. The lowest BCUT2D eigenvalue weighted by atomic mass is 10.2. The van der Waals surface area contributed by atoms with E-state index in [4.69, 9.17) is 15.2 Å². The molecule has 0 amide bonds. The third kappa shape index (κ3) is 5.21. The zero-order chi connectivity index (χ0) is 16.7. The molecule has 0 unspecified atom stereocenters. The smallest absolute Gasteiger partial charge is 0.311 e. The SMILES string of the molecule is CCCC(=O)Oc1ccc(N)c(SCc2ccc(OC)cc2)c1. The van der Waals surface area contributed by atoms with Crippen LogP contribution in [0.15, 0.2) is 47.4 Å². The van der Waals surface area contributed by atoms with Crippen LogP contribution in [0.1, 0.15) is 25.3 Å². The van der Waals surface area contributed by atoms with Crippen molar-refractivity contribution < 1.29 is 14.3 Å². The highest BCUT2D eigenvalue weighted by Crippen LogP contribution is 2.32. The van der Waals surface area contributed by atoms with Gasteiger partial charge in [-0.2, -0.15) is 0 Å². The maximum Gasteiger partial charge on any atom is 0.311 e. The molecule has 5 heteroatoms. The van der Waals surface area contributed by atoms with Crippen LogP contribution in [0.5, 0.6) is 11.5 Å². The van der Waals surface area contributed by atoms with Crippen molar-refractivity contribution in [1.29, 1.82) is 0 Å². The normalized spacial score (nSPS) is 10.3. The maximum atomic E-state index is 11.6. The molecule has 0 aliphatic carbocycles. The van der Waals surface area contributed by atoms with Crippen molar-refractivity contribution in [3.05, 3.63) is 48.0 Å². The first-order valence-electron chi connectivity index (χ1n) is 7.48. The molecule has 0 aromatic heterocycles. The summed E-state index contributed by atoms with van der Waals surface area (Å²) in [5, 5.41) is 0. The molecule has 4 nitrogen and oxygen atoms in total. The molecule has 0 saturated heterocycles. The summed E-state index contributed by atoms with van der Waals surface area (Å²) in [6.07, 6.45) is 1.19. The first-order valence-corrected chi connectivity index (χ1v) is 8.47. The summed E-state index contributed by atoms with van der Waals surface area (Å²) >= 11 is 1.61. The van der Waals surface area contributed by atoms with Crippen LogP contribution in [0.2, 0.25) is 0 Å². The van der Waals surface area contributed by atoms with Crippen molar-refractivity contribution >= 4 is 23.4 Å². The summed E-state index contributed by atoms with van der Waals surface area (Å²) in [6.45, 7) is 1.94. The minimum Gasteiger partial charge on any atom is -0.497 e. The lowest BCUT2D eigenvalue weighted by molar-refractivity contribution is -0.134. The Morgan fingerprint density at radius 3 is 2.48 bits per heavy atom. The number of nitrogen functional groups attached to an aromatic ring is 1. The van der Waals surface area contributed by atoms with E-state index in [1.165, 1.54) is 5.56 Å². The first kappa shape index (κ1) is 17.2. The maximum absolute atomic E-state index is 11.6. The van der Waals surface area contributed by atoms with Crippen LogP contribution in [-0.4, -0.2) is 13.1 Å². The van der Waals surface area contributed by atoms with E-state index in [-0.39, 0.29) is 5.97 Å². The van der Waals surface area contributed by atoms with Crippen molar-refractivity contribution in [1.82, 2.24) is 0 Å². The standard InChI is InChI=1S/C18H21NO3S/c1-3-4-18(20)22-15-9-10-16(19)17(11-15)23-12-13-5-7-14(21-2)8-6-13/h5-11H,3-4,12,19H2,1-2H3. The van der Waals surface area contributed by atoms with Crippen LogP contribution >= 0.6 is 11.8 Å². The molecule has 2 N–H and O–H groups in total. The number of nitrogens with two attached hydrogens (primary N) is 1. The number of carbonyl (C=O) groups excluding carboxylic acids is 1. The molecule has 0 bridgehead atoms. The fraction of sp³-hybridized carbons (Fsp3) is 0.278. The second-order valence-electron chi connectivity index (χ2n) is 5.06. The lowest BCUT2D eigenvalue weighted by Crippen LogP contribution is -2.07. The quantitative estimate of drug-likeness (QED) is 0.355. The van der Waals surface area contributed by atoms with Crippen LogP contribution in [0.3, 0.4) is 0 Å². The van der Waals surface area contributed by atoms with Crippen LogP contribution in [0, 0.1) is 0 Å². The van der Waals surface area contributed by atoms with Gasteiger partial charge in [-0.05, 0) is 42.3 Å². The largest absolute Gasteiger partial charge is 0.497 e. The molecular formula is C18H21NO3S. The van der Waals surface area contributed by atoms with Crippen molar-refractivity contribution in [3.63, 3.8) is 0 Å². The molecule has 0 fully saturated rings. The molecule has 0 radical (unpaired) electrons. The van der Waals surface area contributed by atoms with E-state index in [9.17, 15) is 4.79 Å². The third-order valence-electron chi connectivity index (χ3n) is 3.22. The molecule has 0 aliphatic rings. The zero-order valence-corrected chi connectivity index (χ0v) is 14.2. The van der Waals surface area contributed by atoms with E-state index in [1.807, 2.05) is 37.3 Å². The fourth-order valence-electron chi connectivity index (χ4n) is 1.97. The van der Waals surface area contributed by atoms with Gasteiger partial charge in [-0.1, -0.05) is 19.1 Å². The number of thioether (sulfide) groups is 1. The molecule has 2 rings (SSSR count). The Balaban J connectivity index is 2.01. The van der Waals surface area contributed by atoms with E-state index >= 15 is 0 Å². The Bertz CT molecular complexity index is 656. The number of esters is 1. The highest BCUT2D eigenvalue weighted by molar-refractivity contribution is 7.98. The van der Waals surface area contributed by atoms with Gasteiger partial charge in [-0.25, -0.2) is 0 Å². The lowest BCUT2D eigenvalue weighted by Gasteiger charge is -2.09. The van der Waals surface area contributed by atoms with Crippen LogP contribution < -0.4 is 15.2 Å². The summed E-state index contributed by atoms with van der Waals surface area (Å²) < 4.78 is 10.5. The van der Waals surface area contributed by atoms with Crippen molar-refractivity contribution in [2.45, 2.75) is 30.4 Å². The number of anilines is 1. The van der Waals surface area contributed by atoms with E-state index in [0.29, 0.717) is 17.9 Å². The molecule has 0 spiro atoms. The van der Waals surface area contributed by atoms with Gasteiger partial charge in [0.1, 0.15) is 11.5 Å². The van der Waals surface area contributed by atoms with Crippen molar-refractivity contribution in [3.8, 4) is 11.5 Å². The predicted molar refractivity (Wildman–Crippen MR) is 94.0 cm³/mol. The zero-order valence-electron chi connectivity index (χ0n) is 13.4. The van der Waals surface area contributed by atoms with E-state index in [2.05, 4.69) is 0 Å². The van der Waals surface area contributed by atoms with Gasteiger partial charge in [0, 0.05) is 22.8 Å². The Labute approximate surface area is 141 Å². The fourth-order valence-corrected chi connectivity index (χ4v) is 2.92. The number of benzene rings is 2. The van der Waals surface area contributed by atoms with Crippen LogP contribution in [-0.2, 0) is 10.5 Å².